The fraction of sp³-hybridized carbons (Fsp3) is 0.176. The highest BCUT2D eigenvalue weighted by molar-refractivity contribution is 5.95. The molecule has 0 radical (unpaired) electrons. The van der Waals surface area contributed by atoms with E-state index in [1.807, 2.05) is 0 Å². The molecule has 6 heteroatoms. The van der Waals surface area contributed by atoms with Crippen LogP contribution in [0.25, 0.3) is 11.0 Å². The number of fused-ring (bicyclic) bond motifs is 1. The monoisotopic (exact) mass is 313 g/mol. The van der Waals surface area contributed by atoms with E-state index < -0.39 is 5.97 Å². The van der Waals surface area contributed by atoms with Gasteiger partial charge in [0.05, 0.1) is 25.2 Å². The summed E-state index contributed by atoms with van der Waals surface area (Å²) >= 11 is 0. The highest BCUT2D eigenvalue weighted by Gasteiger charge is 2.12. The van der Waals surface area contributed by atoms with Crippen molar-refractivity contribution in [3.63, 3.8) is 0 Å². The summed E-state index contributed by atoms with van der Waals surface area (Å²) in [7, 11) is 1.34. The summed E-state index contributed by atoms with van der Waals surface area (Å²) in [6.45, 7) is 0.427. The van der Waals surface area contributed by atoms with Crippen molar-refractivity contribution < 1.29 is 23.2 Å². The Kier molecular flexibility index (Phi) is 4.14. The number of rotatable bonds is 5. The number of esters is 1. The molecule has 3 aromatic rings. The van der Waals surface area contributed by atoms with Gasteiger partial charge in [0.15, 0.2) is 5.76 Å². The zero-order valence-corrected chi connectivity index (χ0v) is 12.5. The van der Waals surface area contributed by atoms with Gasteiger partial charge in [-0.2, -0.15) is 0 Å². The fourth-order valence-electron chi connectivity index (χ4n) is 2.33. The van der Waals surface area contributed by atoms with E-state index in [-0.39, 0.29) is 11.7 Å². The zero-order valence-electron chi connectivity index (χ0n) is 12.5. The molecule has 0 fully saturated rings. The van der Waals surface area contributed by atoms with Crippen LogP contribution in [0.2, 0.25) is 0 Å². The first-order valence-electron chi connectivity index (χ1n) is 7.09. The lowest BCUT2D eigenvalue weighted by atomic mass is 10.1. The normalized spacial score (nSPS) is 10.7. The van der Waals surface area contributed by atoms with Crippen LogP contribution in [0, 0.1) is 0 Å². The van der Waals surface area contributed by atoms with E-state index in [9.17, 15) is 9.59 Å². The van der Waals surface area contributed by atoms with E-state index in [0.29, 0.717) is 24.1 Å². The Balaban J connectivity index is 1.70. The van der Waals surface area contributed by atoms with Gasteiger partial charge in [-0.25, -0.2) is 4.79 Å². The van der Waals surface area contributed by atoms with Crippen LogP contribution in [-0.2, 0) is 11.2 Å². The second-order valence-corrected chi connectivity index (χ2v) is 4.95. The average Bonchev–Trinajstić information content (AvgIpc) is 3.23. The number of hydrogen-bond donors (Lipinski definition) is 1. The van der Waals surface area contributed by atoms with Crippen molar-refractivity contribution >= 4 is 22.8 Å². The number of hydrogen-bond acceptors (Lipinski definition) is 5. The number of carbonyl (C=O) groups excluding carboxylic acids is 2. The molecule has 0 aliphatic heterocycles. The molecule has 1 amide bonds. The van der Waals surface area contributed by atoms with Gasteiger partial charge in [-0.3, -0.25) is 4.79 Å². The van der Waals surface area contributed by atoms with Crippen molar-refractivity contribution in [1.29, 1.82) is 0 Å². The highest BCUT2D eigenvalue weighted by atomic mass is 16.5. The first kappa shape index (κ1) is 14.9. The van der Waals surface area contributed by atoms with E-state index in [1.165, 1.54) is 13.4 Å². The molecule has 0 aliphatic rings. The van der Waals surface area contributed by atoms with Gasteiger partial charge in [0.1, 0.15) is 5.58 Å². The molecule has 6 nitrogen and oxygen atoms in total. The number of furan rings is 2. The summed E-state index contributed by atoms with van der Waals surface area (Å²) < 4.78 is 15.2. The number of amides is 1. The Morgan fingerprint density at radius 2 is 2.09 bits per heavy atom. The molecule has 0 saturated heterocycles. The smallest absolute Gasteiger partial charge is 0.337 e. The molecule has 0 bridgehead atoms. The molecule has 0 spiro atoms. The Morgan fingerprint density at radius 1 is 1.22 bits per heavy atom. The van der Waals surface area contributed by atoms with Crippen LogP contribution in [0.15, 0.2) is 51.7 Å². The summed E-state index contributed by atoms with van der Waals surface area (Å²) in [4.78, 5) is 23.4. The van der Waals surface area contributed by atoms with Gasteiger partial charge in [-0.1, -0.05) is 0 Å². The van der Waals surface area contributed by atoms with Gasteiger partial charge in [-0.05, 0) is 42.3 Å². The minimum Gasteiger partial charge on any atom is -0.465 e. The first-order chi connectivity index (χ1) is 11.2. The SMILES string of the molecule is COC(=O)c1ccc2occ(CCNC(=O)c3ccco3)c2c1. The molecule has 2 heterocycles. The van der Waals surface area contributed by atoms with Gasteiger partial charge in [0.2, 0.25) is 0 Å². The summed E-state index contributed by atoms with van der Waals surface area (Å²) in [6.07, 6.45) is 3.65. The molecule has 23 heavy (non-hydrogen) atoms. The van der Waals surface area contributed by atoms with Crippen LogP contribution in [0.5, 0.6) is 0 Å². The number of nitrogens with one attached hydrogen (secondary N) is 1. The predicted octanol–water partition coefficient (Wildman–Crippen LogP) is 2.78. The first-order valence-corrected chi connectivity index (χ1v) is 7.09. The largest absolute Gasteiger partial charge is 0.465 e. The van der Waals surface area contributed by atoms with Gasteiger partial charge < -0.3 is 18.9 Å². The molecule has 3 rings (SSSR count). The zero-order chi connectivity index (χ0) is 16.2. The molecule has 2 aromatic heterocycles. The Morgan fingerprint density at radius 3 is 2.83 bits per heavy atom. The van der Waals surface area contributed by atoms with Gasteiger partial charge in [0.25, 0.3) is 5.91 Å². The quantitative estimate of drug-likeness (QED) is 0.732. The third-order valence-electron chi connectivity index (χ3n) is 3.50. The lowest BCUT2D eigenvalue weighted by molar-refractivity contribution is 0.0600. The van der Waals surface area contributed by atoms with Gasteiger partial charge >= 0.3 is 5.97 Å². The van der Waals surface area contributed by atoms with Crippen molar-refractivity contribution in [3.8, 4) is 0 Å². The van der Waals surface area contributed by atoms with Crippen LogP contribution >= 0.6 is 0 Å². The van der Waals surface area contributed by atoms with E-state index in [1.54, 1.807) is 36.6 Å². The fourth-order valence-corrected chi connectivity index (χ4v) is 2.33. The molecule has 0 atom stereocenters. The minimum absolute atomic E-state index is 0.266. The summed E-state index contributed by atoms with van der Waals surface area (Å²) in [5.41, 5.74) is 2.05. The molecular weight excluding hydrogens is 298 g/mol. The number of carbonyl (C=O) groups is 2. The van der Waals surface area contributed by atoms with Crippen LogP contribution in [0.4, 0.5) is 0 Å². The van der Waals surface area contributed by atoms with Gasteiger partial charge in [-0.15, -0.1) is 0 Å². The van der Waals surface area contributed by atoms with Crippen molar-refractivity contribution in [2.45, 2.75) is 6.42 Å². The lowest BCUT2D eigenvalue weighted by Crippen LogP contribution is -2.25. The van der Waals surface area contributed by atoms with E-state index in [4.69, 9.17) is 13.6 Å². The van der Waals surface area contributed by atoms with Crippen molar-refractivity contribution in [2.75, 3.05) is 13.7 Å². The lowest BCUT2D eigenvalue weighted by Gasteiger charge is -2.03. The Hall–Kier alpha value is -3.02. The minimum atomic E-state index is -0.398. The third-order valence-corrected chi connectivity index (χ3v) is 3.50. The maximum absolute atomic E-state index is 11.8. The van der Waals surface area contributed by atoms with E-state index in [2.05, 4.69) is 5.32 Å². The molecule has 0 saturated carbocycles. The van der Waals surface area contributed by atoms with Crippen molar-refractivity contribution in [1.82, 2.24) is 5.32 Å². The van der Waals surface area contributed by atoms with E-state index in [0.717, 1.165) is 10.9 Å². The van der Waals surface area contributed by atoms with Crippen LogP contribution in [0.1, 0.15) is 26.5 Å². The maximum atomic E-state index is 11.8. The second-order valence-electron chi connectivity index (χ2n) is 4.95. The highest BCUT2D eigenvalue weighted by Crippen LogP contribution is 2.23. The third kappa shape index (κ3) is 3.11. The second kappa shape index (κ2) is 6.39. The molecule has 1 aromatic carbocycles. The van der Waals surface area contributed by atoms with Gasteiger partial charge in [0, 0.05) is 11.9 Å². The Bertz CT molecular complexity index is 832. The standard InChI is InChI=1S/C17H15NO5/c1-21-17(20)11-4-5-14-13(9-11)12(10-23-14)6-7-18-16(19)15-3-2-8-22-15/h2-5,8-10H,6-7H2,1H3,(H,18,19). The topological polar surface area (TPSA) is 81.7 Å². The van der Waals surface area contributed by atoms with Crippen LogP contribution in [0.3, 0.4) is 0 Å². The Labute approximate surface area is 132 Å². The van der Waals surface area contributed by atoms with E-state index >= 15 is 0 Å². The summed E-state index contributed by atoms with van der Waals surface area (Å²) in [5, 5.41) is 3.60. The van der Waals surface area contributed by atoms with Crippen molar-refractivity contribution in [2.24, 2.45) is 0 Å². The number of ether oxygens (including phenoxy) is 1. The number of methoxy groups -OCH3 is 1. The van der Waals surface area contributed by atoms with Crippen LogP contribution < -0.4 is 5.32 Å². The maximum Gasteiger partial charge on any atom is 0.337 e. The van der Waals surface area contributed by atoms with Crippen molar-refractivity contribution in [3.05, 3.63) is 59.7 Å². The number of benzene rings is 1. The molecular formula is C17H15NO5. The summed E-state index contributed by atoms with van der Waals surface area (Å²) in [5.74, 6) is -0.391. The molecule has 0 aliphatic carbocycles. The summed E-state index contributed by atoms with van der Waals surface area (Å²) in [6, 6.07) is 8.37. The van der Waals surface area contributed by atoms with Crippen LogP contribution in [-0.4, -0.2) is 25.5 Å². The molecule has 1 N–H and O–H groups in total. The molecule has 0 unspecified atom stereocenters. The molecule has 118 valence electrons. The average molecular weight is 313 g/mol. The predicted molar refractivity (Wildman–Crippen MR) is 82.3 cm³/mol.